The fourth-order valence-corrected chi connectivity index (χ4v) is 2.22. The zero-order valence-corrected chi connectivity index (χ0v) is 12.1. The molecule has 0 aliphatic rings. The van der Waals surface area contributed by atoms with Gasteiger partial charge in [0.2, 0.25) is 0 Å². The van der Waals surface area contributed by atoms with E-state index >= 15 is 0 Å². The summed E-state index contributed by atoms with van der Waals surface area (Å²) < 4.78 is 5.49. The highest BCUT2D eigenvalue weighted by atomic mass is 16.5. The third-order valence-electron chi connectivity index (χ3n) is 3.22. The van der Waals surface area contributed by atoms with Crippen LogP contribution in [0.2, 0.25) is 0 Å². The number of hydrogen-bond donors (Lipinski definition) is 1. The van der Waals surface area contributed by atoms with Crippen molar-refractivity contribution in [3.8, 4) is 5.75 Å². The van der Waals surface area contributed by atoms with Crippen LogP contribution in [0.15, 0.2) is 12.1 Å². The first-order valence-corrected chi connectivity index (χ1v) is 6.61. The van der Waals surface area contributed by atoms with E-state index in [0.29, 0.717) is 0 Å². The lowest BCUT2D eigenvalue weighted by atomic mass is 10.0. The lowest BCUT2D eigenvalue weighted by Crippen LogP contribution is -2.20. The van der Waals surface area contributed by atoms with Crippen LogP contribution >= 0.6 is 0 Å². The van der Waals surface area contributed by atoms with Crippen LogP contribution in [0, 0.1) is 13.8 Å². The Morgan fingerprint density at radius 1 is 1.22 bits per heavy atom. The molecule has 0 saturated carbocycles. The molecule has 3 nitrogen and oxygen atoms in total. The number of methoxy groups -OCH3 is 1. The third-order valence-corrected chi connectivity index (χ3v) is 3.22. The van der Waals surface area contributed by atoms with Gasteiger partial charge in [0, 0.05) is 12.1 Å². The molecule has 0 fully saturated rings. The normalized spacial score (nSPS) is 11.0. The van der Waals surface area contributed by atoms with Gasteiger partial charge >= 0.3 is 0 Å². The molecule has 0 aliphatic heterocycles. The fraction of sp³-hybridized carbons (Fsp3) is 0.600. The van der Waals surface area contributed by atoms with Gasteiger partial charge in [0.1, 0.15) is 5.75 Å². The van der Waals surface area contributed by atoms with Crippen molar-refractivity contribution >= 4 is 0 Å². The molecule has 0 atom stereocenters. The number of benzene rings is 1. The van der Waals surface area contributed by atoms with Crippen molar-refractivity contribution in [1.29, 1.82) is 0 Å². The Kier molecular flexibility index (Phi) is 6.16. The highest BCUT2D eigenvalue weighted by Gasteiger charge is 2.10. The summed E-state index contributed by atoms with van der Waals surface area (Å²) in [7, 11) is 3.89. The van der Waals surface area contributed by atoms with Gasteiger partial charge < -0.3 is 15.4 Å². The smallest absolute Gasteiger partial charge is 0.123 e. The molecule has 0 heterocycles. The van der Waals surface area contributed by atoms with Gasteiger partial charge in [0.25, 0.3) is 0 Å². The molecule has 1 rings (SSSR count). The van der Waals surface area contributed by atoms with E-state index in [2.05, 4.69) is 37.9 Å². The number of rotatable bonds is 7. The second-order valence-corrected chi connectivity index (χ2v) is 5.00. The Morgan fingerprint density at radius 3 is 2.56 bits per heavy atom. The van der Waals surface area contributed by atoms with Gasteiger partial charge in [-0.1, -0.05) is 6.07 Å². The second-order valence-electron chi connectivity index (χ2n) is 5.00. The first-order valence-electron chi connectivity index (χ1n) is 6.61. The minimum Gasteiger partial charge on any atom is -0.496 e. The van der Waals surface area contributed by atoms with Crippen LogP contribution in [0.1, 0.15) is 29.5 Å². The molecule has 18 heavy (non-hydrogen) atoms. The first-order chi connectivity index (χ1) is 8.58. The van der Waals surface area contributed by atoms with E-state index < -0.39 is 0 Å². The monoisotopic (exact) mass is 250 g/mol. The Balaban J connectivity index is 2.71. The molecule has 0 amide bonds. The van der Waals surface area contributed by atoms with Gasteiger partial charge in [-0.2, -0.15) is 0 Å². The zero-order valence-electron chi connectivity index (χ0n) is 12.1. The predicted molar refractivity (Wildman–Crippen MR) is 77.1 cm³/mol. The molecule has 2 N–H and O–H groups in total. The van der Waals surface area contributed by atoms with Crippen molar-refractivity contribution in [1.82, 2.24) is 4.90 Å². The Morgan fingerprint density at radius 2 is 1.94 bits per heavy atom. The Labute approximate surface area is 111 Å². The van der Waals surface area contributed by atoms with Crippen molar-refractivity contribution in [2.45, 2.75) is 33.2 Å². The first kappa shape index (κ1) is 15.0. The van der Waals surface area contributed by atoms with E-state index in [1.807, 2.05) is 0 Å². The molecule has 1 aromatic carbocycles. The second kappa shape index (κ2) is 7.39. The molecule has 1 aromatic rings. The van der Waals surface area contributed by atoms with Crippen LogP contribution in [0.4, 0.5) is 0 Å². The summed E-state index contributed by atoms with van der Waals surface area (Å²) in [4.78, 5) is 2.33. The van der Waals surface area contributed by atoms with Gasteiger partial charge in [0.15, 0.2) is 0 Å². The largest absolute Gasteiger partial charge is 0.496 e. The Bertz CT molecular complexity index is 377. The van der Waals surface area contributed by atoms with Crippen molar-refractivity contribution in [2.75, 3.05) is 27.2 Å². The van der Waals surface area contributed by atoms with Crippen LogP contribution in [0.5, 0.6) is 5.75 Å². The van der Waals surface area contributed by atoms with Crippen molar-refractivity contribution in [3.63, 3.8) is 0 Å². The van der Waals surface area contributed by atoms with Gasteiger partial charge in [-0.25, -0.2) is 0 Å². The number of aryl methyl sites for hydroxylation is 2. The number of nitrogens with zero attached hydrogens (tertiary/aromatic N) is 1. The van der Waals surface area contributed by atoms with E-state index in [1.165, 1.54) is 16.7 Å². The minimum absolute atomic E-state index is 0.778. The van der Waals surface area contributed by atoms with E-state index in [0.717, 1.165) is 38.2 Å². The molecule has 0 aromatic heterocycles. The average Bonchev–Trinajstić information content (AvgIpc) is 2.32. The summed E-state index contributed by atoms with van der Waals surface area (Å²) in [6, 6.07) is 4.32. The average molecular weight is 250 g/mol. The summed E-state index contributed by atoms with van der Waals surface area (Å²) in [5, 5.41) is 0. The summed E-state index contributed by atoms with van der Waals surface area (Å²) >= 11 is 0. The van der Waals surface area contributed by atoms with Gasteiger partial charge in [-0.05, 0) is 64.0 Å². The van der Waals surface area contributed by atoms with Crippen molar-refractivity contribution < 1.29 is 4.74 Å². The van der Waals surface area contributed by atoms with Gasteiger partial charge in [-0.15, -0.1) is 0 Å². The van der Waals surface area contributed by atoms with Crippen molar-refractivity contribution in [3.05, 3.63) is 28.8 Å². The molecule has 0 radical (unpaired) electrons. The van der Waals surface area contributed by atoms with Gasteiger partial charge in [0.05, 0.1) is 7.11 Å². The molecule has 0 unspecified atom stereocenters. The summed E-state index contributed by atoms with van der Waals surface area (Å²) in [5.41, 5.74) is 9.36. The molecule has 0 spiro atoms. The molecule has 102 valence electrons. The highest BCUT2D eigenvalue weighted by molar-refractivity contribution is 5.42. The summed E-state index contributed by atoms with van der Waals surface area (Å²) in [5.74, 6) is 0.998. The SMILES string of the molecule is COc1cc(C)cc(C)c1CN(C)CCCCN. The molecule has 3 heteroatoms. The number of unbranched alkanes of at least 4 members (excludes halogenated alkanes) is 1. The van der Waals surface area contributed by atoms with E-state index in [4.69, 9.17) is 10.5 Å². The minimum atomic E-state index is 0.778. The number of nitrogens with two attached hydrogens (primary N) is 1. The zero-order chi connectivity index (χ0) is 13.5. The molecule has 0 bridgehead atoms. The van der Waals surface area contributed by atoms with Gasteiger partial charge in [-0.3, -0.25) is 0 Å². The number of hydrogen-bond acceptors (Lipinski definition) is 3. The molecular formula is C15H26N2O. The quantitative estimate of drug-likeness (QED) is 0.756. The van der Waals surface area contributed by atoms with Crippen molar-refractivity contribution in [2.24, 2.45) is 5.73 Å². The highest BCUT2D eigenvalue weighted by Crippen LogP contribution is 2.25. The maximum atomic E-state index is 5.52. The maximum Gasteiger partial charge on any atom is 0.123 e. The molecule has 0 saturated heterocycles. The fourth-order valence-electron chi connectivity index (χ4n) is 2.22. The van der Waals surface area contributed by atoms with E-state index in [1.54, 1.807) is 7.11 Å². The lowest BCUT2D eigenvalue weighted by Gasteiger charge is -2.20. The number of ether oxygens (including phenoxy) is 1. The predicted octanol–water partition coefficient (Wildman–Crippen LogP) is 2.48. The summed E-state index contributed by atoms with van der Waals surface area (Å²) in [6.07, 6.45) is 2.24. The molecule has 0 aliphatic carbocycles. The van der Waals surface area contributed by atoms with E-state index in [9.17, 15) is 0 Å². The van der Waals surface area contributed by atoms with Crippen LogP contribution in [-0.2, 0) is 6.54 Å². The van der Waals surface area contributed by atoms with Crippen LogP contribution in [0.3, 0.4) is 0 Å². The third kappa shape index (κ3) is 4.31. The van der Waals surface area contributed by atoms with Crippen LogP contribution in [0.25, 0.3) is 0 Å². The lowest BCUT2D eigenvalue weighted by molar-refractivity contribution is 0.310. The van der Waals surface area contributed by atoms with Crippen LogP contribution in [-0.4, -0.2) is 32.1 Å². The summed E-state index contributed by atoms with van der Waals surface area (Å²) in [6.45, 7) is 7.04. The molecular weight excluding hydrogens is 224 g/mol. The van der Waals surface area contributed by atoms with Crippen LogP contribution < -0.4 is 10.5 Å². The Hall–Kier alpha value is -1.06. The van der Waals surface area contributed by atoms with E-state index in [-0.39, 0.29) is 0 Å². The topological polar surface area (TPSA) is 38.5 Å². The maximum absolute atomic E-state index is 5.52. The standard InChI is InChI=1S/C15H26N2O/c1-12-9-13(2)14(15(10-12)18-4)11-17(3)8-6-5-7-16/h9-10H,5-8,11,16H2,1-4H3.